The molecule has 0 fully saturated rings. The molecule has 0 saturated heterocycles. The Labute approximate surface area is 315 Å². The second kappa shape index (κ2) is 18.2. The van der Waals surface area contributed by atoms with E-state index in [0.717, 1.165) is 23.2 Å². The molecule has 6 aromatic carbocycles. The first kappa shape index (κ1) is 37.8. The minimum Gasteiger partial charge on any atom is -0.508 e. The lowest BCUT2D eigenvalue weighted by Gasteiger charge is -2.10. The Hall–Kier alpha value is -5.96. The average Bonchev–Trinajstić information content (AvgIpc) is 3.19. The lowest BCUT2D eigenvalue weighted by molar-refractivity contribution is -0.432. The number of benzene rings is 6. The van der Waals surface area contributed by atoms with E-state index in [1.165, 1.54) is 12.1 Å². The van der Waals surface area contributed by atoms with Crippen LogP contribution in [0.1, 0.15) is 11.1 Å². The largest absolute Gasteiger partial charge is 0.508 e. The van der Waals surface area contributed by atoms with E-state index in [9.17, 15) is 10.2 Å². The van der Waals surface area contributed by atoms with Gasteiger partial charge in [0, 0.05) is 10.3 Å². The van der Waals surface area contributed by atoms with Gasteiger partial charge < -0.3 is 10.2 Å². The molecule has 0 aliphatic rings. The zero-order chi connectivity index (χ0) is 37.9. The summed E-state index contributed by atoms with van der Waals surface area (Å²) < 4.78 is 9.09. The Morgan fingerprint density at radius 2 is 0.944 bits per heavy atom. The summed E-state index contributed by atoms with van der Waals surface area (Å²) in [4.78, 5) is 1.01. The van der Waals surface area contributed by atoms with Crippen molar-refractivity contribution in [1.29, 1.82) is 0 Å². The summed E-state index contributed by atoms with van der Waals surface area (Å²) in [6, 6.07) is 30.7. The highest BCUT2D eigenvalue weighted by atomic mass is 32.2. The Morgan fingerprint density at radius 1 is 0.481 bits per heavy atom. The van der Waals surface area contributed by atoms with Gasteiger partial charge in [0.2, 0.25) is 0 Å². The van der Waals surface area contributed by atoms with Gasteiger partial charge >= 0.3 is 0 Å². The van der Waals surface area contributed by atoms with Gasteiger partial charge in [-0.3, -0.25) is 0 Å². The molecule has 0 saturated carbocycles. The molecule has 0 atom stereocenters. The lowest BCUT2D eigenvalue weighted by atomic mass is 10.1. The Morgan fingerprint density at radius 3 is 1.52 bits per heavy atom. The predicted octanol–water partition coefficient (Wildman–Crippen LogP) is 13.4. The summed E-state index contributed by atoms with van der Waals surface area (Å²) in [6.45, 7) is 3.72. The van der Waals surface area contributed by atoms with Crippen LogP contribution >= 0.6 is 24.1 Å². The number of hydrogen-bond donors (Lipinski definition) is 4. The molecule has 18 heteroatoms. The van der Waals surface area contributed by atoms with Gasteiger partial charge in [0.1, 0.15) is 11.4 Å². The van der Waals surface area contributed by atoms with Crippen LogP contribution in [0.25, 0.3) is 10.8 Å². The van der Waals surface area contributed by atoms with Crippen LogP contribution in [0.15, 0.2) is 160 Å². The van der Waals surface area contributed by atoms with Crippen LogP contribution in [0.4, 0.5) is 45.5 Å². The number of rotatable bonds is 14. The number of nitrogens with zero attached hydrogens (tertiary/aromatic N) is 8. The van der Waals surface area contributed by atoms with Gasteiger partial charge in [-0.1, -0.05) is 10.1 Å². The number of aromatic hydroxyl groups is 2. The van der Waals surface area contributed by atoms with E-state index in [2.05, 4.69) is 59.7 Å². The van der Waals surface area contributed by atoms with Gasteiger partial charge in [-0.05, 0) is 140 Å². The smallest absolute Gasteiger partial charge is 0.152 e. The molecule has 4 N–H and O–H groups in total. The van der Waals surface area contributed by atoms with Gasteiger partial charge in [0.05, 0.1) is 68.8 Å². The van der Waals surface area contributed by atoms with Crippen LogP contribution in [-0.4, -0.2) is 20.7 Å². The maximum Gasteiger partial charge on any atom is 0.152 e. The SMILES string of the molecule is Cc1cc(N=Nc2c(SOOO)cc3cc(N=Nc4ccc(O)cc4)ccc3c2O)c(C)cc1N=Nc1ccc(N=Nc2ccc(SOOO)cc2)cc1. The molecule has 0 unspecified atom stereocenters. The number of phenolic OH excluding ortho intramolecular Hbond substituents is 2. The molecular formula is C36H28N8O8S2. The summed E-state index contributed by atoms with van der Waals surface area (Å²) in [5.74, 6) is -0.0552. The minimum atomic E-state index is -0.177. The molecule has 16 nitrogen and oxygen atoms in total. The molecule has 272 valence electrons. The van der Waals surface area contributed by atoms with Gasteiger partial charge in [0.25, 0.3) is 0 Å². The predicted molar refractivity (Wildman–Crippen MR) is 201 cm³/mol. The highest BCUT2D eigenvalue weighted by Crippen LogP contribution is 2.45. The average molecular weight is 765 g/mol. The van der Waals surface area contributed by atoms with Crippen LogP contribution in [-0.2, 0) is 18.7 Å². The van der Waals surface area contributed by atoms with Crippen molar-refractivity contribution >= 4 is 80.4 Å². The molecule has 0 radical (unpaired) electrons. The van der Waals surface area contributed by atoms with Gasteiger partial charge in [-0.2, -0.15) is 35.8 Å². The van der Waals surface area contributed by atoms with E-state index >= 15 is 0 Å². The number of phenols is 2. The molecule has 54 heavy (non-hydrogen) atoms. The fourth-order valence-corrected chi connectivity index (χ4v) is 5.64. The molecule has 0 spiro atoms. The van der Waals surface area contributed by atoms with Crippen molar-refractivity contribution in [2.24, 2.45) is 40.9 Å². The number of aryl methyl sites for hydroxylation is 2. The van der Waals surface area contributed by atoms with E-state index in [-0.39, 0.29) is 17.2 Å². The van der Waals surface area contributed by atoms with Crippen molar-refractivity contribution in [3.05, 3.63) is 120 Å². The number of hydrogen-bond acceptors (Lipinski definition) is 18. The van der Waals surface area contributed by atoms with Crippen molar-refractivity contribution in [3.63, 3.8) is 0 Å². The second-order valence-corrected chi connectivity index (χ2v) is 12.7. The first-order valence-corrected chi connectivity index (χ1v) is 17.1. The molecule has 6 aromatic rings. The normalized spacial score (nSPS) is 12.0. The van der Waals surface area contributed by atoms with Crippen LogP contribution in [0.3, 0.4) is 0 Å². The van der Waals surface area contributed by atoms with Crippen molar-refractivity contribution < 1.29 is 39.5 Å². The molecule has 0 amide bonds. The topological polar surface area (TPSA) is 217 Å². The quantitative estimate of drug-likeness (QED) is 0.0356. The Kier molecular flexibility index (Phi) is 12.7. The first-order chi connectivity index (χ1) is 26.3. The molecule has 0 heterocycles. The molecule has 0 aromatic heterocycles. The monoisotopic (exact) mass is 764 g/mol. The fourth-order valence-electron chi connectivity index (χ4n) is 4.79. The lowest BCUT2D eigenvalue weighted by Crippen LogP contribution is -1.84. The molecule has 0 aliphatic carbocycles. The van der Waals surface area contributed by atoms with Crippen molar-refractivity contribution in [3.8, 4) is 11.5 Å². The minimum absolute atomic E-state index is 0.0868. The third kappa shape index (κ3) is 9.92. The summed E-state index contributed by atoms with van der Waals surface area (Å²) >= 11 is 1.48. The van der Waals surface area contributed by atoms with E-state index in [4.69, 9.17) is 10.5 Å². The van der Waals surface area contributed by atoms with E-state index in [1.54, 1.807) is 91.0 Å². The van der Waals surface area contributed by atoms with Crippen molar-refractivity contribution in [2.45, 2.75) is 23.6 Å². The third-order valence-electron chi connectivity index (χ3n) is 7.49. The van der Waals surface area contributed by atoms with Crippen LogP contribution in [0.5, 0.6) is 11.5 Å². The summed E-state index contributed by atoms with van der Waals surface area (Å²) in [6.07, 6.45) is 0. The Balaban J connectivity index is 1.16. The number of fused-ring (bicyclic) bond motifs is 1. The van der Waals surface area contributed by atoms with Gasteiger partial charge in [0.15, 0.2) is 5.75 Å². The Bertz CT molecular complexity index is 2360. The molecule has 6 rings (SSSR count). The van der Waals surface area contributed by atoms with Crippen LogP contribution < -0.4 is 0 Å². The molecule has 0 aliphatic heterocycles. The van der Waals surface area contributed by atoms with Gasteiger partial charge in [-0.15, -0.1) is 13.8 Å². The summed E-state index contributed by atoms with van der Waals surface area (Å²) in [5, 5.41) is 80.7. The standard InChI is InChI=1S/C36H28N8O8S2/c1-21-18-33(22(2)17-32(21)42-40-25-5-3-24(4-6-25)37-38-27-9-14-30(15-10-27)53-51-49-47)43-44-35-34(54-52-50-48)20-23-19-28(11-16-31(23)36(35)46)41-39-26-7-12-29(45)13-8-26/h3-20,45-48H,1-2H3. The highest BCUT2D eigenvalue weighted by molar-refractivity contribution is 7.94. The zero-order valence-electron chi connectivity index (χ0n) is 28.2. The maximum absolute atomic E-state index is 11.3. The maximum atomic E-state index is 11.3. The van der Waals surface area contributed by atoms with Crippen LogP contribution in [0, 0.1) is 13.8 Å². The second-order valence-electron chi connectivity index (χ2n) is 11.2. The van der Waals surface area contributed by atoms with Gasteiger partial charge in [-0.25, -0.2) is 10.5 Å². The summed E-state index contributed by atoms with van der Waals surface area (Å²) in [7, 11) is 0. The first-order valence-electron chi connectivity index (χ1n) is 15.7. The van der Waals surface area contributed by atoms with Crippen molar-refractivity contribution in [2.75, 3.05) is 0 Å². The third-order valence-corrected chi connectivity index (χ3v) is 8.71. The van der Waals surface area contributed by atoms with Crippen molar-refractivity contribution in [1.82, 2.24) is 0 Å². The van der Waals surface area contributed by atoms with E-state index in [1.807, 2.05) is 19.9 Å². The van der Waals surface area contributed by atoms with Crippen LogP contribution in [0.2, 0.25) is 0 Å². The van der Waals surface area contributed by atoms with E-state index < -0.39 is 0 Å². The number of azo groups is 4. The summed E-state index contributed by atoms with van der Waals surface area (Å²) in [5.41, 5.74) is 5.70. The highest BCUT2D eigenvalue weighted by Gasteiger charge is 2.16. The fraction of sp³-hybridized carbons (Fsp3) is 0.0556. The molecule has 0 bridgehead atoms. The van der Waals surface area contributed by atoms with E-state index in [0.29, 0.717) is 72.4 Å². The zero-order valence-corrected chi connectivity index (χ0v) is 29.8. The molecular weight excluding hydrogens is 737 g/mol.